The highest BCUT2D eigenvalue weighted by atomic mass is 35.5. The lowest BCUT2D eigenvalue weighted by atomic mass is 10.0. The molecule has 0 spiro atoms. The highest BCUT2D eigenvalue weighted by Crippen LogP contribution is 2.36. The predicted molar refractivity (Wildman–Crippen MR) is 300 cm³/mol. The van der Waals surface area contributed by atoms with Gasteiger partial charge in [-0.2, -0.15) is 0 Å². The number of phenolic OH excluding ortho intramolecular Hbond substituents is 1. The number of ether oxygens (including phenoxy) is 3. The molecule has 0 radical (unpaired) electrons. The Bertz CT molecular complexity index is 3470. The van der Waals surface area contributed by atoms with Gasteiger partial charge in [0.05, 0.1) is 16.6 Å². The third-order valence-electron chi connectivity index (χ3n) is 13.2. The van der Waals surface area contributed by atoms with Gasteiger partial charge in [-0.25, -0.2) is 14.8 Å². The van der Waals surface area contributed by atoms with Crippen LogP contribution in [0.2, 0.25) is 10.0 Å². The van der Waals surface area contributed by atoms with E-state index in [-0.39, 0.29) is 5.75 Å². The van der Waals surface area contributed by atoms with Crippen LogP contribution in [0.1, 0.15) is 47.2 Å². The number of hydrogen-bond donors (Lipinski definition) is 3. The van der Waals surface area contributed by atoms with E-state index in [1.165, 1.54) is 51.9 Å². The van der Waals surface area contributed by atoms with E-state index in [4.69, 9.17) is 42.4 Å². The summed E-state index contributed by atoms with van der Waals surface area (Å²) in [4.78, 5) is 26.8. The SMILES string of the molecule is Cc1cc(-c2cc(O)ccc2Cl)cc2nnc(Nc3ccc(OCCN4CCCC4)cc3)nc12.Cc1cc(-c2cc(OC(=O)c3ccccc3)ccc2Cl)cc2nnc(Nc3ccc(OCCN4CCCC4)cc3)nc12. The second-order valence-corrected chi connectivity index (χ2v) is 19.6. The molecule has 3 N–H and O–H groups in total. The van der Waals surface area contributed by atoms with E-state index >= 15 is 0 Å². The van der Waals surface area contributed by atoms with Gasteiger partial charge in [0.15, 0.2) is 0 Å². The Morgan fingerprint density at radius 3 is 1.51 bits per heavy atom. The summed E-state index contributed by atoms with van der Waals surface area (Å²) in [6.07, 6.45) is 5.14. The molecule has 9 aromatic rings. The highest BCUT2D eigenvalue weighted by Gasteiger charge is 2.17. The van der Waals surface area contributed by atoms with Crippen molar-refractivity contribution in [2.75, 3.05) is 63.1 Å². The molecule has 11 rings (SSSR count). The van der Waals surface area contributed by atoms with Gasteiger partial charge < -0.3 is 30.0 Å². The monoisotopic (exact) mass is 1050 g/mol. The van der Waals surface area contributed by atoms with Crippen LogP contribution in [0, 0.1) is 13.8 Å². The van der Waals surface area contributed by atoms with Crippen molar-refractivity contribution in [3.05, 3.63) is 166 Å². The number of anilines is 4. The Kier molecular flexibility index (Phi) is 16.4. The zero-order valence-corrected chi connectivity index (χ0v) is 43.7. The van der Waals surface area contributed by atoms with Crippen molar-refractivity contribution in [3.8, 4) is 45.3 Å². The summed E-state index contributed by atoms with van der Waals surface area (Å²) in [5.41, 5.74) is 9.88. The van der Waals surface area contributed by atoms with Crippen LogP contribution < -0.4 is 24.8 Å². The molecule has 0 unspecified atom stereocenters. The summed E-state index contributed by atoms with van der Waals surface area (Å²) in [6, 6.07) is 42.1. The predicted octanol–water partition coefficient (Wildman–Crippen LogP) is 12.7. The van der Waals surface area contributed by atoms with E-state index < -0.39 is 5.97 Å². The van der Waals surface area contributed by atoms with Crippen molar-refractivity contribution in [1.29, 1.82) is 0 Å². The third kappa shape index (κ3) is 13.1. The van der Waals surface area contributed by atoms with Crippen molar-refractivity contribution in [1.82, 2.24) is 40.2 Å². The molecule has 2 aliphatic heterocycles. The molecule has 386 valence electrons. The number of carbonyl (C=O) groups is 1. The minimum atomic E-state index is -0.437. The first-order valence-corrected chi connectivity index (χ1v) is 26.1. The molecule has 76 heavy (non-hydrogen) atoms. The molecular formula is C59H56Cl2N10O5. The van der Waals surface area contributed by atoms with Crippen LogP contribution in [0.25, 0.3) is 44.3 Å². The average Bonchev–Trinajstić information content (AvgIpc) is 4.18. The minimum absolute atomic E-state index is 0.156. The summed E-state index contributed by atoms with van der Waals surface area (Å²) in [5.74, 6) is 2.61. The lowest BCUT2D eigenvalue weighted by Gasteiger charge is -2.15. The topological polar surface area (TPSA) is 173 Å². The largest absolute Gasteiger partial charge is 0.508 e. The molecule has 4 heterocycles. The van der Waals surface area contributed by atoms with Gasteiger partial charge >= 0.3 is 5.97 Å². The van der Waals surface area contributed by atoms with Gasteiger partial charge in [0.1, 0.15) is 47.2 Å². The number of aryl methyl sites for hydroxylation is 2. The highest BCUT2D eigenvalue weighted by molar-refractivity contribution is 6.33. The maximum Gasteiger partial charge on any atom is 0.343 e. The molecule has 17 heteroatoms. The van der Waals surface area contributed by atoms with Gasteiger partial charge in [0.25, 0.3) is 0 Å². The van der Waals surface area contributed by atoms with Crippen LogP contribution in [-0.2, 0) is 0 Å². The first kappa shape index (κ1) is 51.5. The number of halogens is 2. The molecule has 7 aromatic carbocycles. The van der Waals surface area contributed by atoms with Crippen LogP contribution in [0.5, 0.6) is 23.0 Å². The molecule has 2 saturated heterocycles. The number of benzene rings is 7. The van der Waals surface area contributed by atoms with Gasteiger partial charge in [0, 0.05) is 45.6 Å². The molecule has 15 nitrogen and oxygen atoms in total. The zero-order chi connectivity index (χ0) is 52.4. The normalized spacial score (nSPS) is 13.6. The number of likely N-dealkylation sites (tertiary alicyclic amines) is 2. The van der Waals surface area contributed by atoms with Crippen molar-refractivity contribution >= 4 is 74.5 Å². The Morgan fingerprint density at radius 2 is 1.01 bits per heavy atom. The van der Waals surface area contributed by atoms with E-state index in [0.29, 0.717) is 63.1 Å². The fourth-order valence-electron chi connectivity index (χ4n) is 9.23. The Balaban J connectivity index is 0.000000177. The van der Waals surface area contributed by atoms with Crippen LogP contribution in [0.3, 0.4) is 0 Å². The van der Waals surface area contributed by atoms with Crippen molar-refractivity contribution in [3.63, 3.8) is 0 Å². The Morgan fingerprint density at radius 1 is 0.553 bits per heavy atom. The molecule has 2 aromatic heterocycles. The number of nitrogens with zero attached hydrogens (tertiary/aromatic N) is 8. The van der Waals surface area contributed by atoms with E-state index in [1.807, 2.05) is 92.7 Å². The molecule has 0 bridgehead atoms. The van der Waals surface area contributed by atoms with Crippen molar-refractivity contribution < 1.29 is 24.1 Å². The van der Waals surface area contributed by atoms with Gasteiger partial charge in [0.2, 0.25) is 11.9 Å². The number of phenols is 1. The standard InChI is InChI=1S/C33H30ClN5O3.C26H26ClN5O2/c1-22-19-24(28-21-27(13-14-29(28)34)42-32(40)23-7-3-2-4-8-23)20-30-31(22)36-33(38-37-30)35-25-9-11-26(12-10-25)41-18-17-39-15-5-6-16-39;1-17-14-18(22-16-20(33)6-9-23(22)27)15-24-25(17)29-26(31-30-24)28-19-4-7-21(8-5-19)34-13-12-32-10-2-3-11-32/h2-4,7-14,19-21H,5-6,15-18H2,1H3,(H,35,36,38);4-9,14-16,33H,2-3,10-13H2,1H3,(H,28,29,31). The molecule has 0 aliphatic carbocycles. The van der Waals surface area contributed by atoms with Crippen LogP contribution in [0.4, 0.5) is 23.3 Å². The van der Waals surface area contributed by atoms with Crippen LogP contribution in [0.15, 0.2) is 140 Å². The first-order chi connectivity index (χ1) is 37.1. The molecule has 0 atom stereocenters. The number of nitrogens with one attached hydrogen (secondary N) is 2. The van der Waals surface area contributed by atoms with E-state index in [2.05, 4.69) is 45.8 Å². The third-order valence-corrected chi connectivity index (χ3v) is 13.9. The van der Waals surface area contributed by atoms with Crippen LogP contribution >= 0.6 is 23.2 Å². The number of aromatic hydroxyl groups is 1. The van der Waals surface area contributed by atoms with Crippen molar-refractivity contribution in [2.45, 2.75) is 39.5 Å². The number of rotatable bonds is 16. The first-order valence-electron chi connectivity index (χ1n) is 25.4. The van der Waals surface area contributed by atoms with Gasteiger partial charge in [-0.05, 0) is 209 Å². The van der Waals surface area contributed by atoms with E-state index in [0.717, 1.165) is 74.8 Å². The average molecular weight is 1060 g/mol. The Hall–Kier alpha value is -7.95. The number of esters is 1. The minimum Gasteiger partial charge on any atom is -0.508 e. The quantitative estimate of drug-likeness (QED) is 0.0616. The second-order valence-electron chi connectivity index (χ2n) is 18.7. The number of hydrogen-bond acceptors (Lipinski definition) is 15. The van der Waals surface area contributed by atoms with Gasteiger partial charge in [-0.3, -0.25) is 9.80 Å². The van der Waals surface area contributed by atoms with Crippen LogP contribution in [-0.4, -0.2) is 104 Å². The fourth-order valence-corrected chi connectivity index (χ4v) is 9.68. The molecule has 2 aliphatic rings. The van der Waals surface area contributed by atoms with E-state index in [9.17, 15) is 9.90 Å². The fraction of sp³-hybridized carbons (Fsp3) is 0.237. The number of aromatic nitrogens is 6. The number of fused-ring (bicyclic) bond motifs is 2. The summed E-state index contributed by atoms with van der Waals surface area (Å²) in [7, 11) is 0. The maximum absolute atomic E-state index is 12.5. The lowest BCUT2D eigenvalue weighted by molar-refractivity contribution is 0.0734. The maximum atomic E-state index is 12.5. The van der Waals surface area contributed by atoms with Gasteiger partial charge in [-0.15, -0.1) is 20.4 Å². The molecule has 0 saturated carbocycles. The van der Waals surface area contributed by atoms with Gasteiger partial charge in [-0.1, -0.05) is 41.4 Å². The summed E-state index contributed by atoms with van der Waals surface area (Å²) < 4.78 is 17.4. The summed E-state index contributed by atoms with van der Waals surface area (Å²) in [6.45, 7) is 11.9. The van der Waals surface area contributed by atoms with Crippen molar-refractivity contribution in [2.24, 2.45) is 0 Å². The smallest absolute Gasteiger partial charge is 0.343 e. The molecular weight excluding hydrogens is 1000 g/mol. The lowest BCUT2D eigenvalue weighted by Crippen LogP contribution is -2.25. The Labute approximate surface area is 450 Å². The second kappa shape index (κ2) is 24.2. The summed E-state index contributed by atoms with van der Waals surface area (Å²) >= 11 is 12.9. The number of carbonyl (C=O) groups excluding carboxylic acids is 1. The zero-order valence-electron chi connectivity index (χ0n) is 42.2. The molecule has 0 amide bonds. The van der Waals surface area contributed by atoms with E-state index in [1.54, 1.807) is 60.7 Å². The summed E-state index contributed by atoms with van der Waals surface area (Å²) in [5, 5.41) is 34.7. The molecule has 2 fully saturated rings.